The number of halogens is 1. The van der Waals surface area contributed by atoms with Crippen LogP contribution in [0, 0.1) is 6.92 Å². The number of rotatable bonds is 8. The summed E-state index contributed by atoms with van der Waals surface area (Å²) in [5, 5.41) is 0. The van der Waals surface area contributed by atoms with E-state index in [1.54, 1.807) is 6.07 Å². The Morgan fingerprint density at radius 2 is 1.58 bits per heavy atom. The molecule has 0 saturated heterocycles. The highest BCUT2D eigenvalue weighted by Crippen LogP contribution is 2.36. The first-order valence-corrected chi connectivity index (χ1v) is 13.4. The molecular weight excluding hydrogens is 538 g/mol. The van der Waals surface area contributed by atoms with Crippen molar-refractivity contribution in [2.45, 2.75) is 20.5 Å². The second kappa shape index (κ2) is 11.5. The lowest BCUT2D eigenvalue weighted by atomic mass is 10.0. The Kier molecular flexibility index (Phi) is 7.75. The number of carbonyl (C=O) groups excluding carboxylic acids is 1. The standard InChI is InChI=1S/C33H28BrNO3/c1-3-37-33(36)27-10-7-11-29(20-27)35-23(2)12-19-31(35)30-18-17-28(34)21-32(30)38-22-24-13-15-26(16-14-24)25-8-5-4-6-9-25/h4-21H,3,22H2,1-2H3. The van der Waals surface area contributed by atoms with E-state index in [0.29, 0.717) is 18.8 Å². The number of nitrogens with zero attached hydrogens (tertiary/aromatic N) is 1. The molecule has 0 unspecified atom stereocenters. The molecule has 0 saturated carbocycles. The lowest BCUT2D eigenvalue weighted by Gasteiger charge is -2.17. The van der Waals surface area contributed by atoms with Gasteiger partial charge in [-0.15, -0.1) is 0 Å². The van der Waals surface area contributed by atoms with Gasteiger partial charge in [-0.05, 0) is 79.1 Å². The van der Waals surface area contributed by atoms with Gasteiger partial charge in [-0.1, -0.05) is 76.6 Å². The second-order valence-electron chi connectivity index (χ2n) is 8.96. The third-order valence-electron chi connectivity index (χ3n) is 6.37. The molecule has 38 heavy (non-hydrogen) atoms. The first-order valence-electron chi connectivity index (χ1n) is 12.6. The van der Waals surface area contributed by atoms with Crippen molar-refractivity contribution in [1.82, 2.24) is 4.57 Å². The van der Waals surface area contributed by atoms with Crippen LogP contribution in [0.25, 0.3) is 28.1 Å². The predicted molar refractivity (Wildman–Crippen MR) is 156 cm³/mol. The van der Waals surface area contributed by atoms with Gasteiger partial charge in [-0.25, -0.2) is 4.79 Å². The number of esters is 1. The lowest BCUT2D eigenvalue weighted by molar-refractivity contribution is 0.0526. The van der Waals surface area contributed by atoms with Crippen LogP contribution in [-0.4, -0.2) is 17.1 Å². The number of ether oxygens (including phenoxy) is 2. The van der Waals surface area contributed by atoms with E-state index < -0.39 is 0 Å². The number of hydrogen-bond acceptors (Lipinski definition) is 3. The molecule has 1 heterocycles. The maximum absolute atomic E-state index is 12.4. The molecule has 5 aromatic rings. The summed E-state index contributed by atoms with van der Waals surface area (Å²) in [5.41, 5.74) is 7.85. The monoisotopic (exact) mass is 565 g/mol. The van der Waals surface area contributed by atoms with E-state index in [1.165, 1.54) is 11.1 Å². The Bertz CT molecular complexity index is 1560. The van der Waals surface area contributed by atoms with E-state index in [1.807, 2.05) is 62.4 Å². The second-order valence-corrected chi connectivity index (χ2v) is 9.87. The van der Waals surface area contributed by atoms with E-state index in [2.05, 4.69) is 75.1 Å². The van der Waals surface area contributed by atoms with Gasteiger partial charge in [0.05, 0.1) is 17.9 Å². The number of carbonyl (C=O) groups is 1. The molecule has 4 aromatic carbocycles. The fraction of sp³-hybridized carbons (Fsp3) is 0.121. The van der Waals surface area contributed by atoms with Crippen LogP contribution in [0.15, 0.2) is 114 Å². The summed E-state index contributed by atoms with van der Waals surface area (Å²) < 4.78 is 14.7. The maximum Gasteiger partial charge on any atom is 0.338 e. The van der Waals surface area contributed by atoms with Crippen LogP contribution in [0.5, 0.6) is 5.75 Å². The Morgan fingerprint density at radius 3 is 2.34 bits per heavy atom. The van der Waals surface area contributed by atoms with Gasteiger partial charge < -0.3 is 14.0 Å². The fourth-order valence-corrected chi connectivity index (χ4v) is 4.83. The molecule has 0 fully saturated rings. The van der Waals surface area contributed by atoms with Crippen LogP contribution < -0.4 is 4.74 Å². The average Bonchev–Trinajstić information content (AvgIpc) is 3.34. The zero-order chi connectivity index (χ0) is 26.5. The lowest BCUT2D eigenvalue weighted by Crippen LogP contribution is -2.07. The summed E-state index contributed by atoms with van der Waals surface area (Å²) >= 11 is 3.60. The van der Waals surface area contributed by atoms with Gasteiger partial charge in [-0.3, -0.25) is 0 Å². The van der Waals surface area contributed by atoms with E-state index in [-0.39, 0.29) is 5.97 Å². The highest BCUT2D eigenvalue weighted by molar-refractivity contribution is 9.10. The molecule has 0 amide bonds. The molecule has 0 bridgehead atoms. The first kappa shape index (κ1) is 25.6. The molecule has 0 aliphatic heterocycles. The quantitative estimate of drug-likeness (QED) is 0.177. The van der Waals surface area contributed by atoms with Crippen molar-refractivity contribution in [3.05, 3.63) is 130 Å². The zero-order valence-electron chi connectivity index (χ0n) is 21.4. The maximum atomic E-state index is 12.4. The normalized spacial score (nSPS) is 10.8. The van der Waals surface area contributed by atoms with Crippen LogP contribution in [-0.2, 0) is 11.3 Å². The van der Waals surface area contributed by atoms with Gasteiger partial charge in [0, 0.05) is 21.4 Å². The summed E-state index contributed by atoms with van der Waals surface area (Å²) in [6.45, 7) is 4.64. The van der Waals surface area contributed by atoms with E-state index in [9.17, 15) is 4.79 Å². The minimum absolute atomic E-state index is 0.327. The van der Waals surface area contributed by atoms with Crippen molar-refractivity contribution in [3.63, 3.8) is 0 Å². The summed E-state index contributed by atoms with van der Waals surface area (Å²) in [6, 6.07) is 36.5. The largest absolute Gasteiger partial charge is 0.488 e. The van der Waals surface area contributed by atoms with Crippen LogP contribution in [0.1, 0.15) is 28.5 Å². The van der Waals surface area contributed by atoms with Crippen molar-refractivity contribution < 1.29 is 14.3 Å². The summed E-state index contributed by atoms with van der Waals surface area (Å²) in [7, 11) is 0. The summed E-state index contributed by atoms with van der Waals surface area (Å²) in [5.74, 6) is 0.444. The fourth-order valence-electron chi connectivity index (χ4n) is 4.49. The molecule has 0 N–H and O–H groups in total. The number of aryl methyl sites for hydroxylation is 1. The minimum atomic E-state index is -0.327. The molecule has 0 spiro atoms. The zero-order valence-corrected chi connectivity index (χ0v) is 22.9. The molecule has 5 rings (SSSR count). The molecule has 0 aliphatic rings. The smallest absolute Gasteiger partial charge is 0.338 e. The van der Waals surface area contributed by atoms with Gasteiger partial charge in [0.1, 0.15) is 12.4 Å². The average molecular weight is 566 g/mol. The third-order valence-corrected chi connectivity index (χ3v) is 6.86. The van der Waals surface area contributed by atoms with Crippen LogP contribution in [0.2, 0.25) is 0 Å². The SMILES string of the molecule is CCOC(=O)c1cccc(-n2c(C)ccc2-c2ccc(Br)cc2OCc2ccc(-c3ccccc3)cc2)c1. The first-order chi connectivity index (χ1) is 18.5. The number of benzene rings is 4. The van der Waals surface area contributed by atoms with Crippen molar-refractivity contribution in [2.24, 2.45) is 0 Å². The molecule has 0 radical (unpaired) electrons. The van der Waals surface area contributed by atoms with E-state index >= 15 is 0 Å². The van der Waals surface area contributed by atoms with Gasteiger partial charge in [0.2, 0.25) is 0 Å². The number of hydrogen-bond donors (Lipinski definition) is 0. The summed E-state index contributed by atoms with van der Waals surface area (Å²) in [6.07, 6.45) is 0. The summed E-state index contributed by atoms with van der Waals surface area (Å²) in [4.78, 5) is 12.4. The van der Waals surface area contributed by atoms with Crippen molar-refractivity contribution in [2.75, 3.05) is 6.61 Å². The van der Waals surface area contributed by atoms with Gasteiger partial charge in [0.15, 0.2) is 0 Å². The van der Waals surface area contributed by atoms with Crippen molar-refractivity contribution in [3.8, 4) is 33.8 Å². The van der Waals surface area contributed by atoms with Gasteiger partial charge in [-0.2, -0.15) is 0 Å². The van der Waals surface area contributed by atoms with Crippen LogP contribution in [0.3, 0.4) is 0 Å². The molecule has 4 nitrogen and oxygen atoms in total. The van der Waals surface area contributed by atoms with E-state index in [4.69, 9.17) is 9.47 Å². The Hall–Kier alpha value is -4.09. The van der Waals surface area contributed by atoms with Gasteiger partial charge >= 0.3 is 5.97 Å². The molecule has 0 atom stereocenters. The molecule has 1 aromatic heterocycles. The van der Waals surface area contributed by atoms with E-state index in [0.717, 1.165) is 38.4 Å². The molecule has 5 heteroatoms. The van der Waals surface area contributed by atoms with Gasteiger partial charge in [0.25, 0.3) is 0 Å². The van der Waals surface area contributed by atoms with Crippen LogP contribution >= 0.6 is 15.9 Å². The predicted octanol–water partition coefficient (Wildman–Crippen LogP) is 8.64. The van der Waals surface area contributed by atoms with Crippen molar-refractivity contribution >= 4 is 21.9 Å². The Balaban J connectivity index is 1.44. The Morgan fingerprint density at radius 1 is 0.816 bits per heavy atom. The number of aromatic nitrogens is 1. The van der Waals surface area contributed by atoms with Crippen molar-refractivity contribution in [1.29, 1.82) is 0 Å². The third kappa shape index (κ3) is 5.58. The highest BCUT2D eigenvalue weighted by atomic mass is 79.9. The molecule has 0 aliphatic carbocycles. The minimum Gasteiger partial charge on any atom is -0.488 e. The topological polar surface area (TPSA) is 40.5 Å². The molecular formula is C33H28BrNO3. The highest BCUT2D eigenvalue weighted by Gasteiger charge is 2.16. The Labute approximate surface area is 231 Å². The molecule has 190 valence electrons. The van der Waals surface area contributed by atoms with Crippen LogP contribution in [0.4, 0.5) is 0 Å².